The Morgan fingerprint density at radius 3 is 2.57 bits per heavy atom. The summed E-state index contributed by atoms with van der Waals surface area (Å²) in [4.78, 5) is 4.19. The molecule has 0 aliphatic rings. The van der Waals surface area contributed by atoms with Crippen molar-refractivity contribution in [2.45, 2.75) is 25.8 Å². The maximum absolute atomic E-state index is 5.86. The van der Waals surface area contributed by atoms with Crippen LogP contribution < -0.4 is 10.6 Å². The molecule has 0 aliphatic carbocycles. The van der Waals surface area contributed by atoms with Crippen LogP contribution >= 0.6 is 35.6 Å². The van der Waals surface area contributed by atoms with E-state index >= 15 is 0 Å². The van der Waals surface area contributed by atoms with Crippen LogP contribution in [0.15, 0.2) is 29.3 Å². The van der Waals surface area contributed by atoms with E-state index in [-0.39, 0.29) is 30.0 Å². The zero-order valence-corrected chi connectivity index (χ0v) is 15.9. The third kappa shape index (κ3) is 9.16. The summed E-state index contributed by atoms with van der Waals surface area (Å²) in [7, 11) is 3.47. The predicted octanol–water partition coefficient (Wildman–Crippen LogP) is 3.09. The number of nitrogens with one attached hydrogen (secondary N) is 2. The molecule has 21 heavy (non-hydrogen) atoms. The molecule has 1 aromatic rings. The smallest absolute Gasteiger partial charge is 0.191 e. The van der Waals surface area contributed by atoms with Crippen LogP contribution in [-0.4, -0.2) is 39.3 Å². The molecule has 0 fully saturated rings. The quantitative estimate of drug-likeness (QED) is 0.305. The molecule has 0 saturated carbocycles. The summed E-state index contributed by atoms with van der Waals surface area (Å²) in [5.41, 5.74) is 1.30. The van der Waals surface area contributed by atoms with E-state index < -0.39 is 0 Å². The Morgan fingerprint density at radius 1 is 1.33 bits per heavy atom. The molecule has 4 nitrogen and oxygen atoms in total. The van der Waals surface area contributed by atoms with E-state index in [1.54, 1.807) is 14.2 Å². The molecule has 0 radical (unpaired) electrons. The Labute approximate surface area is 149 Å². The molecule has 1 atom stereocenters. The van der Waals surface area contributed by atoms with Gasteiger partial charge in [-0.3, -0.25) is 4.99 Å². The van der Waals surface area contributed by atoms with E-state index in [1.165, 1.54) is 5.56 Å². The van der Waals surface area contributed by atoms with Gasteiger partial charge in [0.25, 0.3) is 0 Å². The van der Waals surface area contributed by atoms with Crippen molar-refractivity contribution in [1.29, 1.82) is 0 Å². The molecule has 120 valence electrons. The number of rotatable bonds is 7. The number of guanidine groups is 1. The van der Waals surface area contributed by atoms with Gasteiger partial charge in [0.2, 0.25) is 0 Å². The highest BCUT2D eigenvalue weighted by atomic mass is 127. The minimum atomic E-state index is 0. The normalized spacial score (nSPS) is 12.5. The van der Waals surface area contributed by atoms with Gasteiger partial charge in [-0.15, -0.1) is 24.0 Å². The van der Waals surface area contributed by atoms with Gasteiger partial charge in [0.1, 0.15) is 0 Å². The molecule has 0 bridgehead atoms. The molecule has 0 aliphatic heterocycles. The summed E-state index contributed by atoms with van der Waals surface area (Å²) in [6.07, 6.45) is 2.07. The van der Waals surface area contributed by atoms with Crippen molar-refractivity contribution in [1.82, 2.24) is 10.6 Å². The number of nitrogens with zero attached hydrogens (tertiary/aromatic N) is 1. The lowest BCUT2D eigenvalue weighted by atomic mass is 10.1. The number of benzene rings is 1. The Bertz CT molecular complexity index is 412. The molecule has 6 heteroatoms. The maximum atomic E-state index is 5.86. The van der Waals surface area contributed by atoms with Gasteiger partial charge in [-0.2, -0.15) is 0 Å². The number of methoxy groups -OCH3 is 1. The minimum absolute atomic E-state index is 0. The number of ether oxygens (including phenoxy) is 1. The predicted molar refractivity (Wildman–Crippen MR) is 101 cm³/mol. The average Bonchev–Trinajstić information content (AvgIpc) is 2.44. The summed E-state index contributed by atoms with van der Waals surface area (Å²) in [5, 5.41) is 7.35. The maximum Gasteiger partial charge on any atom is 0.191 e. The number of halogens is 2. The monoisotopic (exact) mass is 425 g/mol. The van der Waals surface area contributed by atoms with Crippen molar-refractivity contribution in [3.8, 4) is 0 Å². The zero-order chi connectivity index (χ0) is 14.8. The summed E-state index contributed by atoms with van der Waals surface area (Å²) < 4.78 is 5.09. The SMILES string of the molecule is CN=C(NCCCc1ccc(Cl)cc1)NC(C)COC.I. The van der Waals surface area contributed by atoms with Gasteiger partial charge in [0.05, 0.1) is 6.61 Å². The second-order valence-electron chi connectivity index (χ2n) is 4.73. The van der Waals surface area contributed by atoms with Crippen molar-refractivity contribution in [3.63, 3.8) is 0 Å². The van der Waals surface area contributed by atoms with Crippen LogP contribution in [0.2, 0.25) is 5.02 Å². The van der Waals surface area contributed by atoms with Crippen LogP contribution in [0.25, 0.3) is 0 Å². The Hall–Kier alpha value is -0.530. The van der Waals surface area contributed by atoms with E-state index in [0.717, 1.165) is 30.4 Å². The highest BCUT2D eigenvalue weighted by molar-refractivity contribution is 14.0. The van der Waals surface area contributed by atoms with E-state index in [0.29, 0.717) is 6.61 Å². The molecule has 2 N–H and O–H groups in total. The fourth-order valence-electron chi connectivity index (χ4n) is 1.87. The minimum Gasteiger partial charge on any atom is -0.383 e. The molecule has 0 amide bonds. The third-order valence-corrected chi connectivity index (χ3v) is 3.12. The van der Waals surface area contributed by atoms with Gasteiger partial charge in [-0.25, -0.2) is 0 Å². The van der Waals surface area contributed by atoms with Crippen molar-refractivity contribution in [3.05, 3.63) is 34.9 Å². The first kappa shape index (κ1) is 20.5. The molecule has 0 saturated heterocycles. The van der Waals surface area contributed by atoms with Crippen LogP contribution in [0.3, 0.4) is 0 Å². The summed E-state index contributed by atoms with van der Waals surface area (Å²) >= 11 is 5.86. The van der Waals surface area contributed by atoms with Crippen LogP contribution in [0.1, 0.15) is 18.9 Å². The van der Waals surface area contributed by atoms with Gasteiger partial charge < -0.3 is 15.4 Å². The number of hydrogen-bond donors (Lipinski definition) is 2. The van der Waals surface area contributed by atoms with E-state index in [1.807, 2.05) is 12.1 Å². The number of hydrogen-bond acceptors (Lipinski definition) is 2. The van der Waals surface area contributed by atoms with Crippen LogP contribution in [0, 0.1) is 0 Å². The highest BCUT2D eigenvalue weighted by Gasteiger charge is 2.03. The number of aliphatic imine (C=N–C) groups is 1. The molecule has 0 spiro atoms. The van der Waals surface area contributed by atoms with Crippen molar-refractivity contribution >= 4 is 41.5 Å². The fourth-order valence-corrected chi connectivity index (χ4v) is 2.00. The average molecular weight is 426 g/mol. The lowest BCUT2D eigenvalue weighted by Gasteiger charge is -2.17. The first-order valence-corrected chi connectivity index (χ1v) is 7.24. The van der Waals surface area contributed by atoms with Crippen LogP contribution in [0.4, 0.5) is 0 Å². The topological polar surface area (TPSA) is 45.7 Å². The third-order valence-electron chi connectivity index (χ3n) is 2.87. The largest absolute Gasteiger partial charge is 0.383 e. The Balaban J connectivity index is 0.00000400. The van der Waals surface area contributed by atoms with Gasteiger partial charge in [0.15, 0.2) is 5.96 Å². The highest BCUT2D eigenvalue weighted by Crippen LogP contribution is 2.10. The van der Waals surface area contributed by atoms with Gasteiger partial charge in [-0.05, 0) is 37.5 Å². The van der Waals surface area contributed by atoms with Crippen LogP contribution in [-0.2, 0) is 11.2 Å². The summed E-state index contributed by atoms with van der Waals surface area (Å²) in [6, 6.07) is 8.23. The lowest BCUT2D eigenvalue weighted by molar-refractivity contribution is 0.179. The van der Waals surface area contributed by atoms with Crippen molar-refractivity contribution < 1.29 is 4.74 Å². The molecule has 0 heterocycles. The Kier molecular flexibility index (Phi) is 11.8. The van der Waals surface area contributed by atoms with E-state index in [9.17, 15) is 0 Å². The molecular weight excluding hydrogens is 401 g/mol. The summed E-state index contributed by atoms with van der Waals surface area (Å²) in [6.45, 7) is 3.59. The first-order valence-electron chi connectivity index (χ1n) is 6.86. The van der Waals surface area contributed by atoms with Gasteiger partial charge in [-0.1, -0.05) is 23.7 Å². The molecule has 1 unspecified atom stereocenters. The standard InChI is InChI=1S/C15H24ClN3O.HI/c1-12(11-20-3)19-15(17-2)18-10-4-5-13-6-8-14(16)9-7-13;/h6-9,12H,4-5,10-11H2,1-3H3,(H2,17,18,19);1H. The fraction of sp³-hybridized carbons (Fsp3) is 0.533. The van der Waals surface area contributed by atoms with Crippen molar-refractivity contribution in [2.24, 2.45) is 4.99 Å². The van der Waals surface area contributed by atoms with Gasteiger partial charge in [0, 0.05) is 31.8 Å². The number of aryl methyl sites for hydroxylation is 1. The summed E-state index contributed by atoms with van der Waals surface area (Å²) in [5.74, 6) is 0.811. The first-order chi connectivity index (χ1) is 9.65. The second-order valence-corrected chi connectivity index (χ2v) is 5.17. The molecule has 1 aromatic carbocycles. The molecule has 0 aromatic heterocycles. The molecular formula is C15H25ClIN3O. The zero-order valence-electron chi connectivity index (χ0n) is 12.9. The van der Waals surface area contributed by atoms with E-state index in [4.69, 9.17) is 16.3 Å². The van der Waals surface area contributed by atoms with E-state index in [2.05, 4.69) is 34.7 Å². The lowest BCUT2D eigenvalue weighted by Crippen LogP contribution is -2.44. The second kappa shape index (κ2) is 12.1. The molecule has 1 rings (SSSR count). The van der Waals surface area contributed by atoms with Gasteiger partial charge >= 0.3 is 0 Å². The van der Waals surface area contributed by atoms with Crippen LogP contribution in [0.5, 0.6) is 0 Å². The Morgan fingerprint density at radius 2 is 2.00 bits per heavy atom. The van der Waals surface area contributed by atoms with Crippen molar-refractivity contribution in [2.75, 3.05) is 27.3 Å².